The highest BCUT2D eigenvalue weighted by Crippen LogP contribution is 2.21. The van der Waals surface area contributed by atoms with Crippen LogP contribution in [0, 0.1) is 6.92 Å². The molecule has 2 N–H and O–H groups in total. The second-order valence-corrected chi connectivity index (χ2v) is 7.73. The van der Waals surface area contributed by atoms with Crippen LogP contribution in [0.5, 0.6) is 5.75 Å². The number of hydrogen-bond acceptors (Lipinski definition) is 4. The van der Waals surface area contributed by atoms with Crippen molar-refractivity contribution in [2.75, 3.05) is 39.5 Å². The Morgan fingerprint density at radius 1 is 1.38 bits per heavy atom. The summed E-state index contributed by atoms with van der Waals surface area (Å²) in [5.41, 5.74) is 0.929. The molecule has 140 valence electrons. The highest BCUT2D eigenvalue weighted by molar-refractivity contribution is 7.10. The number of morpholine rings is 1. The van der Waals surface area contributed by atoms with Crippen molar-refractivity contribution < 1.29 is 19.2 Å². The fraction of sp³-hybridized carbons (Fsp3) is 0.421. The highest BCUT2D eigenvalue weighted by Gasteiger charge is 2.27. The lowest BCUT2D eigenvalue weighted by molar-refractivity contribution is -0.937. The molecule has 2 aromatic rings. The molecule has 1 aliphatic heterocycles. The quantitative estimate of drug-likeness (QED) is 0.752. The van der Waals surface area contributed by atoms with E-state index in [2.05, 4.69) is 22.8 Å². The molecule has 0 saturated carbocycles. The summed E-state index contributed by atoms with van der Waals surface area (Å²) in [7, 11) is 0. The number of quaternary nitrogens is 1. The van der Waals surface area contributed by atoms with Gasteiger partial charge in [0.05, 0.1) is 24.6 Å². The summed E-state index contributed by atoms with van der Waals surface area (Å²) in [6, 6.07) is 9.83. The second-order valence-electron chi connectivity index (χ2n) is 6.34. The summed E-state index contributed by atoms with van der Waals surface area (Å²) in [6.45, 7) is 5.95. The third-order valence-corrected chi connectivity index (χ3v) is 5.93. The Balaban J connectivity index is 1.52. The van der Waals surface area contributed by atoms with Gasteiger partial charge in [0.15, 0.2) is 6.61 Å². The molecule has 1 fully saturated rings. The molecule has 1 aliphatic rings. The maximum absolute atomic E-state index is 12.2. The van der Waals surface area contributed by atoms with E-state index in [0.717, 1.165) is 31.9 Å². The summed E-state index contributed by atoms with van der Waals surface area (Å²) in [5.74, 6) is 0.530. The molecule has 0 unspecified atom stereocenters. The molecular weight excluding hydrogens is 372 g/mol. The molecule has 1 amide bonds. The smallest absolute Gasteiger partial charge is 0.258 e. The number of rotatable bonds is 7. The Hall–Kier alpha value is -1.60. The van der Waals surface area contributed by atoms with Gasteiger partial charge in [0.1, 0.15) is 24.9 Å². The molecule has 1 saturated heterocycles. The zero-order valence-electron chi connectivity index (χ0n) is 14.8. The van der Waals surface area contributed by atoms with Crippen LogP contribution in [0.15, 0.2) is 35.7 Å². The Labute approximate surface area is 162 Å². The number of carbonyl (C=O) groups is 1. The van der Waals surface area contributed by atoms with Gasteiger partial charge in [-0.2, -0.15) is 0 Å². The summed E-state index contributed by atoms with van der Waals surface area (Å²) >= 11 is 7.74. The van der Waals surface area contributed by atoms with Crippen LogP contribution in [0.25, 0.3) is 0 Å². The zero-order chi connectivity index (χ0) is 18.4. The maximum atomic E-state index is 12.2. The Bertz CT molecular complexity index is 718. The van der Waals surface area contributed by atoms with Crippen molar-refractivity contribution in [2.45, 2.75) is 13.0 Å². The van der Waals surface area contributed by atoms with E-state index in [-0.39, 0.29) is 18.6 Å². The van der Waals surface area contributed by atoms with Gasteiger partial charge in [-0.15, -0.1) is 11.3 Å². The molecule has 0 spiro atoms. The molecule has 7 heteroatoms. The fourth-order valence-corrected chi connectivity index (χ4v) is 4.04. The van der Waals surface area contributed by atoms with Crippen LogP contribution < -0.4 is 15.0 Å². The van der Waals surface area contributed by atoms with Crippen molar-refractivity contribution >= 4 is 28.8 Å². The maximum Gasteiger partial charge on any atom is 0.258 e. The fourth-order valence-electron chi connectivity index (χ4n) is 3.04. The number of benzene rings is 1. The van der Waals surface area contributed by atoms with E-state index in [9.17, 15) is 4.79 Å². The molecule has 0 radical (unpaired) electrons. The van der Waals surface area contributed by atoms with E-state index in [0.29, 0.717) is 17.3 Å². The van der Waals surface area contributed by atoms with Crippen LogP contribution in [0.1, 0.15) is 16.5 Å². The van der Waals surface area contributed by atoms with E-state index < -0.39 is 0 Å². The first-order chi connectivity index (χ1) is 12.6. The van der Waals surface area contributed by atoms with Gasteiger partial charge in [0, 0.05) is 5.02 Å². The molecule has 0 aliphatic carbocycles. The average molecular weight is 396 g/mol. The van der Waals surface area contributed by atoms with Crippen molar-refractivity contribution in [3.63, 3.8) is 0 Å². The summed E-state index contributed by atoms with van der Waals surface area (Å²) in [4.78, 5) is 15.0. The third kappa shape index (κ3) is 5.20. The van der Waals surface area contributed by atoms with E-state index in [1.807, 2.05) is 13.0 Å². The monoisotopic (exact) mass is 395 g/mol. The van der Waals surface area contributed by atoms with Crippen LogP contribution in [-0.4, -0.2) is 45.4 Å². The number of hydrogen-bond donors (Lipinski definition) is 2. The van der Waals surface area contributed by atoms with Crippen LogP contribution >= 0.6 is 22.9 Å². The largest absolute Gasteiger partial charge is 0.484 e. The Morgan fingerprint density at radius 2 is 2.19 bits per heavy atom. The number of aryl methyl sites for hydroxylation is 1. The first-order valence-electron chi connectivity index (χ1n) is 8.75. The molecule has 0 bridgehead atoms. The van der Waals surface area contributed by atoms with Crippen LogP contribution in [0.4, 0.5) is 0 Å². The summed E-state index contributed by atoms with van der Waals surface area (Å²) in [5, 5.41) is 5.79. The molecule has 26 heavy (non-hydrogen) atoms. The third-order valence-electron chi connectivity index (χ3n) is 4.52. The molecule has 1 aromatic carbocycles. The predicted octanol–water partition coefficient (Wildman–Crippen LogP) is 1.86. The zero-order valence-corrected chi connectivity index (χ0v) is 16.4. The minimum Gasteiger partial charge on any atom is -0.484 e. The number of carbonyl (C=O) groups excluding carboxylic acids is 1. The Morgan fingerprint density at radius 3 is 2.88 bits per heavy atom. The number of thiophene rings is 1. The Kier molecular flexibility index (Phi) is 6.91. The van der Waals surface area contributed by atoms with Gasteiger partial charge in [-0.3, -0.25) is 4.79 Å². The topological polar surface area (TPSA) is 52.0 Å². The number of amides is 1. The van der Waals surface area contributed by atoms with E-state index >= 15 is 0 Å². The van der Waals surface area contributed by atoms with Gasteiger partial charge >= 0.3 is 0 Å². The van der Waals surface area contributed by atoms with Gasteiger partial charge in [0.2, 0.25) is 0 Å². The first-order valence-corrected chi connectivity index (χ1v) is 10.0. The molecule has 5 nitrogen and oxygen atoms in total. The number of halogens is 1. The number of ether oxygens (including phenoxy) is 2. The van der Waals surface area contributed by atoms with Crippen LogP contribution in [0.3, 0.4) is 0 Å². The molecule has 3 rings (SSSR count). The molecule has 1 aromatic heterocycles. The lowest BCUT2D eigenvalue weighted by Crippen LogP contribution is -3.15. The van der Waals surface area contributed by atoms with Crippen molar-refractivity contribution in [3.05, 3.63) is 51.2 Å². The highest BCUT2D eigenvalue weighted by atomic mass is 35.5. The van der Waals surface area contributed by atoms with E-state index in [1.165, 1.54) is 9.78 Å². The van der Waals surface area contributed by atoms with Gasteiger partial charge < -0.3 is 19.7 Å². The first kappa shape index (κ1) is 19.2. The van der Waals surface area contributed by atoms with Gasteiger partial charge in [-0.1, -0.05) is 17.7 Å². The lowest BCUT2D eigenvalue weighted by atomic mass is 10.2. The standard InChI is InChI=1S/C19H23ClN2O3S/c1-14-11-15(4-5-16(14)20)25-13-19(23)21-12-17(18-3-2-10-26-18)22-6-8-24-9-7-22/h2-5,10-11,17H,6-9,12-13H2,1H3,(H,21,23)/p+1/t17-/m1/s1. The van der Waals surface area contributed by atoms with Crippen molar-refractivity contribution in [1.82, 2.24) is 5.32 Å². The van der Waals surface area contributed by atoms with Crippen molar-refractivity contribution in [2.24, 2.45) is 0 Å². The summed E-state index contributed by atoms with van der Waals surface area (Å²) < 4.78 is 11.0. The van der Waals surface area contributed by atoms with E-state index in [4.69, 9.17) is 21.1 Å². The summed E-state index contributed by atoms with van der Waals surface area (Å²) in [6.07, 6.45) is 0. The van der Waals surface area contributed by atoms with E-state index in [1.54, 1.807) is 23.5 Å². The predicted molar refractivity (Wildman–Crippen MR) is 103 cm³/mol. The van der Waals surface area contributed by atoms with Crippen molar-refractivity contribution in [3.8, 4) is 5.75 Å². The average Bonchev–Trinajstić information content (AvgIpc) is 3.18. The minimum absolute atomic E-state index is 0.00330. The normalized spacial score (nSPS) is 16.2. The van der Waals surface area contributed by atoms with Gasteiger partial charge in [0.25, 0.3) is 5.91 Å². The van der Waals surface area contributed by atoms with Crippen molar-refractivity contribution in [1.29, 1.82) is 0 Å². The molecular formula is C19H24ClN2O3S+. The molecule has 2 heterocycles. The lowest BCUT2D eigenvalue weighted by Gasteiger charge is -2.31. The van der Waals surface area contributed by atoms with Gasteiger partial charge in [-0.05, 0) is 42.1 Å². The van der Waals surface area contributed by atoms with Crippen LogP contribution in [-0.2, 0) is 9.53 Å². The second kappa shape index (κ2) is 9.37. The van der Waals surface area contributed by atoms with Crippen LogP contribution in [0.2, 0.25) is 5.02 Å². The van der Waals surface area contributed by atoms with Gasteiger partial charge in [-0.25, -0.2) is 0 Å². The minimum atomic E-state index is -0.119. The SMILES string of the molecule is Cc1cc(OCC(=O)NC[C@H](c2cccs2)[NH+]2CCOCC2)ccc1Cl. The number of nitrogens with one attached hydrogen (secondary N) is 2. The molecule has 1 atom stereocenters.